The maximum absolute atomic E-state index is 13.4. The minimum atomic E-state index is -0.959. The van der Waals surface area contributed by atoms with Gasteiger partial charge < -0.3 is 4.74 Å². The molecule has 0 aliphatic carbocycles. The third kappa shape index (κ3) is 3.57. The van der Waals surface area contributed by atoms with Gasteiger partial charge in [0.05, 0.1) is 12.7 Å². The molecule has 2 N–H and O–H groups in total. The van der Waals surface area contributed by atoms with Crippen LogP contribution in [-0.4, -0.2) is 18.9 Å². The van der Waals surface area contributed by atoms with Crippen LogP contribution in [0.4, 0.5) is 8.78 Å². The molecule has 0 heterocycles. The standard InChI is InChI=1S/C15H12F2N2O3/c1-22-11-5-2-9(3-6-11)14(20)18-19-15(21)12-8-10(16)4-7-13(12)17/h2-8H,1H3,(H,18,20)(H,19,21). The molecule has 2 amide bonds. The number of methoxy groups -OCH3 is 1. The fraction of sp³-hybridized carbons (Fsp3) is 0.0667. The number of nitrogens with one attached hydrogen (secondary N) is 2. The first-order valence-electron chi connectivity index (χ1n) is 6.21. The van der Waals surface area contributed by atoms with E-state index in [-0.39, 0.29) is 5.56 Å². The monoisotopic (exact) mass is 306 g/mol. The Kier molecular flexibility index (Phi) is 4.67. The molecule has 22 heavy (non-hydrogen) atoms. The fourth-order valence-electron chi connectivity index (χ4n) is 1.67. The first-order chi connectivity index (χ1) is 10.5. The Morgan fingerprint density at radius 1 is 0.955 bits per heavy atom. The van der Waals surface area contributed by atoms with Gasteiger partial charge in [-0.2, -0.15) is 0 Å². The third-order valence-electron chi connectivity index (χ3n) is 2.81. The molecule has 0 aromatic heterocycles. The van der Waals surface area contributed by atoms with Gasteiger partial charge >= 0.3 is 0 Å². The van der Waals surface area contributed by atoms with Crippen LogP contribution in [0.5, 0.6) is 5.75 Å². The van der Waals surface area contributed by atoms with Crippen molar-refractivity contribution in [3.63, 3.8) is 0 Å². The molecule has 0 atom stereocenters. The van der Waals surface area contributed by atoms with Crippen LogP contribution in [0.3, 0.4) is 0 Å². The molecule has 2 aromatic rings. The fourth-order valence-corrected chi connectivity index (χ4v) is 1.67. The number of halogens is 2. The molecule has 0 radical (unpaired) electrons. The highest BCUT2D eigenvalue weighted by atomic mass is 19.1. The van der Waals surface area contributed by atoms with Crippen LogP contribution in [0.2, 0.25) is 0 Å². The number of carbonyl (C=O) groups excluding carboxylic acids is 2. The van der Waals surface area contributed by atoms with E-state index in [4.69, 9.17) is 4.74 Å². The minimum absolute atomic E-state index is 0.265. The van der Waals surface area contributed by atoms with Crippen LogP contribution in [0.15, 0.2) is 42.5 Å². The van der Waals surface area contributed by atoms with E-state index in [0.29, 0.717) is 5.75 Å². The van der Waals surface area contributed by atoms with Crippen molar-refractivity contribution in [1.29, 1.82) is 0 Å². The van der Waals surface area contributed by atoms with Crippen molar-refractivity contribution < 1.29 is 23.1 Å². The smallest absolute Gasteiger partial charge is 0.272 e. The number of hydrogen-bond acceptors (Lipinski definition) is 3. The van der Waals surface area contributed by atoms with Crippen LogP contribution < -0.4 is 15.6 Å². The Balaban J connectivity index is 2.00. The lowest BCUT2D eigenvalue weighted by molar-refractivity contribution is 0.0844. The number of amides is 2. The number of benzene rings is 2. The van der Waals surface area contributed by atoms with E-state index in [1.54, 1.807) is 12.1 Å². The highest BCUT2D eigenvalue weighted by Crippen LogP contribution is 2.11. The van der Waals surface area contributed by atoms with Gasteiger partial charge in [-0.1, -0.05) is 0 Å². The molecule has 2 aromatic carbocycles. The van der Waals surface area contributed by atoms with Crippen LogP contribution in [0.25, 0.3) is 0 Å². The van der Waals surface area contributed by atoms with Gasteiger partial charge in [-0.3, -0.25) is 20.4 Å². The van der Waals surface area contributed by atoms with Crippen LogP contribution in [-0.2, 0) is 0 Å². The Hall–Kier alpha value is -2.96. The van der Waals surface area contributed by atoms with Crippen LogP contribution >= 0.6 is 0 Å². The molecule has 0 unspecified atom stereocenters. The molecule has 0 saturated heterocycles. The van der Waals surface area contributed by atoms with Crippen molar-refractivity contribution in [3.05, 3.63) is 65.2 Å². The highest BCUT2D eigenvalue weighted by Gasteiger charge is 2.14. The molecule has 114 valence electrons. The van der Waals surface area contributed by atoms with Gasteiger partial charge in [-0.25, -0.2) is 8.78 Å². The predicted molar refractivity (Wildman–Crippen MR) is 74.3 cm³/mol. The molecule has 5 nitrogen and oxygen atoms in total. The maximum atomic E-state index is 13.4. The SMILES string of the molecule is COc1ccc(C(=O)NNC(=O)c2cc(F)ccc2F)cc1. The third-order valence-corrected chi connectivity index (χ3v) is 2.81. The molecule has 0 aliphatic heterocycles. The van der Waals surface area contributed by atoms with Crippen molar-refractivity contribution in [2.45, 2.75) is 0 Å². The van der Waals surface area contributed by atoms with E-state index < -0.39 is 29.0 Å². The molecular formula is C15H12F2N2O3. The van der Waals surface area contributed by atoms with Gasteiger partial charge in [0.25, 0.3) is 11.8 Å². The van der Waals surface area contributed by atoms with Crippen molar-refractivity contribution >= 4 is 11.8 Å². The summed E-state index contributed by atoms with van der Waals surface area (Å²) in [7, 11) is 1.49. The van der Waals surface area contributed by atoms with Crippen LogP contribution in [0.1, 0.15) is 20.7 Å². The quantitative estimate of drug-likeness (QED) is 0.853. The first-order valence-corrected chi connectivity index (χ1v) is 6.21. The zero-order chi connectivity index (χ0) is 16.1. The lowest BCUT2D eigenvalue weighted by Gasteiger charge is -2.08. The Morgan fingerprint density at radius 2 is 1.59 bits per heavy atom. The van der Waals surface area contributed by atoms with E-state index in [2.05, 4.69) is 5.43 Å². The normalized spacial score (nSPS) is 9.95. The molecule has 0 spiro atoms. The van der Waals surface area contributed by atoms with Crippen molar-refractivity contribution in [2.75, 3.05) is 7.11 Å². The molecule has 0 bridgehead atoms. The summed E-state index contributed by atoms with van der Waals surface area (Å²) in [5, 5.41) is 0. The van der Waals surface area contributed by atoms with E-state index in [0.717, 1.165) is 18.2 Å². The van der Waals surface area contributed by atoms with E-state index in [9.17, 15) is 18.4 Å². The zero-order valence-corrected chi connectivity index (χ0v) is 11.5. The summed E-state index contributed by atoms with van der Waals surface area (Å²) >= 11 is 0. The molecule has 7 heteroatoms. The Bertz CT molecular complexity index is 702. The molecule has 0 fully saturated rings. The number of hydrogen-bond donors (Lipinski definition) is 2. The second kappa shape index (κ2) is 6.66. The molecule has 0 aliphatic rings. The number of carbonyl (C=O) groups is 2. The van der Waals surface area contributed by atoms with Gasteiger partial charge in [0.1, 0.15) is 17.4 Å². The summed E-state index contributed by atoms with van der Waals surface area (Å²) in [6.07, 6.45) is 0. The average Bonchev–Trinajstić information content (AvgIpc) is 2.54. The summed E-state index contributed by atoms with van der Waals surface area (Å²) in [5.74, 6) is -2.64. The number of hydrazine groups is 1. The zero-order valence-electron chi connectivity index (χ0n) is 11.5. The Morgan fingerprint density at radius 3 is 2.23 bits per heavy atom. The lowest BCUT2D eigenvalue weighted by Crippen LogP contribution is -2.42. The summed E-state index contributed by atoms with van der Waals surface area (Å²) < 4.78 is 31.3. The summed E-state index contributed by atoms with van der Waals surface area (Å²) in [5.41, 5.74) is 3.89. The summed E-state index contributed by atoms with van der Waals surface area (Å²) in [6.45, 7) is 0. The largest absolute Gasteiger partial charge is 0.497 e. The maximum Gasteiger partial charge on any atom is 0.272 e. The minimum Gasteiger partial charge on any atom is -0.497 e. The van der Waals surface area contributed by atoms with Gasteiger partial charge in [0.15, 0.2) is 0 Å². The number of ether oxygens (including phenoxy) is 1. The number of rotatable bonds is 3. The molecule has 0 saturated carbocycles. The van der Waals surface area contributed by atoms with Crippen molar-refractivity contribution in [1.82, 2.24) is 10.9 Å². The lowest BCUT2D eigenvalue weighted by atomic mass is 10.2. The Labute approximate surface area is 124 Å². The first kappa shape index (κ1) is 15.4. The van der Waals surface area contributed by atoms with Gasteiger partial charge in [0, 0.05) is 5.56 Å². The summed E-state index contributed by atoms with van der Waals surface area (Å²) in [4.78, 5) is 23.5. The summed E-state index contributed by atoms with van der Waals surface area (Å²) in [6, 6.07) is 8.58. The van der Waals surface area contributed by atoms with E-state index in [1.165, 1.54) is 19.2 Å². The van der Waals surface area contributed by atoms with E-state index in [1.807, 2.05) is 5.43 Å². The second-order valence-corrected chi connectivity index (χ2v) is 4.26. The average molecular weight is 306 g/mol. The van der Waals surface area contributed by atoms with Gasteiger partial charge in [0.2, 0.25) is 0 Å². The van der Waals surface area contributed by atoms with Crippen molar-refractivity contribution in [3.8, 4) is 5.75 Å². The second-order valence-electron chi connectivity index (χ2n) is 4.26. The van der Waals surface area contributed by atoms with Crippen LogP contribution in [0, 0.1) is 11.6 Å². The molecular weight excluding hydrogens is 294 g/mol. The molecule has 2 rings (SSSR count). The predicted octanol–water partition coefficient (Wildman–Crippen LogP) is 2.05. The topological polar surface area (TPSA) is 67.4 Å². The van der Waals surface area contributed by atoms with E-state index >= 15 is 0 Å². The van der Waals surface area contributed by atoms with Crippen molar-refractivity contribution in [2.24, 2.45) is 0 Å². The highest BCUT2D eigenvalue weighted by molar-refractivity contribution is 5.99. The van der Waals surface area contributed by atoms with Gasteiger partial charge in [-0.05, 0) is 42.5 Å². The van der Waals surface area contributed by atoms with Gasteiger partial charge in [-0.15, -0.1) is 0 Å².